The zero-order valence-electron chi connectivity index (χ0n) is 11.4. The van der Waals surface area contributed by atoms with E-state index in [4.69, 9.17) is 10.4 Å². The molecule has 0 radical (unpaired) electrons. The SMILES string of the molecule is N#Cc1cc(-c2ccc(C(=O)O)s2)ccc1OS(=O)(=O)C(F)(F)F. The Kier molecular flexibility index (Phi) is 4.54. The molecule has 0 aliphatic rings. The Morgan fingerprint density at radius 3 is 2.42 bits per heavy atom. The third kappa shape index (κ3) is 3.50. The average Bonchev–Trinajstić information content (AvgIpc) is 2.96. The summed E-state index contributed by atoms with van der Waals surface area (Å²) in [6.45, 7) is 0. The van der Waals surface area contributed by atoms with Crippen molar-refractivity contribution in [2.75, 3.05) is 0 Å². The van der Waals surface area contributed by atoms with E-state index in [1.54, 1.807) is 6.07 Å². The summed E-state index contributed by atoms with van der Waals surface area (Å²) in [5.41, 5.74) is -5.73. The summed E-state index contributed by atoms with van der Waals surface area (Å²) in [4.78, 5) is 11.3. The van der Waals surface area contributed by atoms with E-state index in [2.05, 4.69) is 4.18 Å². The molecule has 1 aromatic carbocycles. The van der Waals surface area contributed by atoms with Crippen LogP contribution in [0.1, 0.15) is 15.2 Å². The number of carboxylic acid groups (broad SMARTS) is 1. The molecule has 1 N–H and O–H groups in total. The van der Waals surface area contributed by atoms with Crippen molar-refractivity contribution in [1.29, 1.82) is 5.26 Å². The highest BCUT2D eigenvalue weighted by molar-refractivity contribution is 7.88. The predicted molar refractivity (Wildman–Crippen MR) is 77.0 cm³/mol. The van der Waals surface area contributed by atoms with Crippen LogP contribution in [0.15, 0.2) is 30.3 Å². The molecule has 1 heterocycles. The van der Waals surface area contributed by atoms with Crippen molar-refractivity contribution < 1.29 is 35.7 Å². The number of hydrogen-bond acceptors (Lipinski definition) is 6. The number of halogens is 3. The Morgan fingerprint density at radius 2 is 1.92 bits per heavy atom. The van der Waals surface area contributed by atoms with Crippen molar-refractivity contribution in [1.82, 2.24) is 0 Å². The van der Waals surface area contributed by atoms with E-state index in [0.717, 1.165) is 23.5 Å². The first-order valence-corrected chi connectivity index (χ1v) is 8.16. The lowest BCUT2D eigenvalue weighted by Crippen LogP contribution is -2.28. The van der Waals surface area contributed by atoms with Gasteiger partial charge < -0.3 is 9.29 Å². The number of nitriles is 1. The second-order valence-corrected chi connectivity index (χ2v) is 6.90. The molecule has 24 heavy (non-hydrogen) atoms. The van der Waals surface area contributed by atoms with Crippen LogP contribution in [0.4, 0.5) is 13.2 Å². The molecule has 0 spiro atoms. The van der Waals surface area contributed by atoms with Crippen LogP contribution in [-0.4, -0.2) is 25.0 Å². The molecule has 0 unspecified atom stereocenters. The average molecular weight is 377 g/mol. The third-order valence-corrected chi connectivity index (χ3v) is 4.77. The van der Waals surface area contributed by atoms with Gasteiger partial charge in [0.05, 0.1) is 5.56 Å². The molecule has 0 amide bonds. The largest absolute Gasteiger partial charge is 0.534 e. The van der Waals surface area contributed by atoms with Gasteiger partial charge in [-0.2, -0.15) is 26.9 Å². The van der Waals surface area contributed by atoms with Gasteiger partial charge in [-0.3, -0.25) is 0 Å². The number of thiophene rings is 1. The lowest BCUT2D eigenvalue weighted by atomic mass is 10.1. The van der Waals surface area contributed by atoms with E-state index in [9.17, 15) is 26.4 Å². The Balaban J connectivity index is 2.41. The molecule has 0 saturated carbocycles. The summed E-state index contributed by atoms with van der Waals surface area (Å²) < 4.78 is 62.9. The summed E-state index contributed by atoms with van der Waals surface area (Å²) >= 11 is 0.889. The van der Waals surface area contributed by atoms with Crippen LogP contribution in [0.3, 0.4) is 0 Å². The van der Waals surface area contributed by atoms with Gasteiger partial charge in [-0.05, 0) is 35.9 Å². The van der Waals surface area contributed by atoms with Gasteiger partial charge in [0, 0.05) is 4.88 Å². The monoisotopic (exact) mass is 377 g/mol. The van der Waals surface area contributed by atoms with Gasteiger partial charge in [0.2, 0.25) is 0 Å². The van der Waals surface area contributed by atoms with E-state index < -0.39 is 32.9 Å². The number of carboxylic acids is 1. The second kappa shape index (κ2) is 6.14. The van der Waals surface area contributed by atoms with E-state index in [1.807, 2.05) is 0 Å². The topological polar surface area (TPSA) is 104 Å². The molecule has 0 bridgehead atoms. The van der Waals surface area contributed by atoms with E-state index >= 15 is 0 Å². The molecule has 0 aliphatic carbocycles. The summed E-state index contributed by atoms with van der Waals surface area (Å²) in [5.74, 6) is -1.92. The Bertz CT molecular complexity index is 941. The first kappa shape index (κ1) is 17.8. The minimum Gasteiger partial charge on any atom is -0.477 e. The molecule has 1 aromatic heterocycles. The molecule has 2 rings (SSSR count). The van der Waals surface area contributed by atoms with Gasteiger partial charge >= 0.3 is 21.6 Å². The van der Waals surface area contributed by atoms with Gasteiger partial charge in [-0.1, -0.05) is 0 Å². The Morgan fingerprint density at radius 1 is 1.25 bits per heavy atom. The minimum absolute atomic E-state index is 0.0310. The van der Waals surface area contributed by atoms with Gasteiger partial charge in [0.15, 0.2) is 5.75 Å². The van der Waals surface area contributed by atoms with E-state index in [1.165, 1.54) is 18.2 Å². The van der Waals surface area contributed by atoms with Crippen molar-refractivity contribution in [2.45, 2.75) is 5.51 Å². The molecule has 0 saturated heterocycles. The first-order valence-electron chi connectivity index (χ1n) is 5.93. The van der Waals surface area contributed by atoms with Crippen LogP contribution in [0.5, 0.6) is 5.75 Å². The maximum atomic E-state index is 12.3. The number of nitrogens with zero attached hydrogens (tertiary/aromatic N) is 1. The highest BCUT2D eigenvalue weighted by Gasteiger charge is 2.48. The number of alkyl halides is 3. The molecule has 0 atom stereocenters. The molecule has 2 aromatic rings. The lowest BCUT2D eigenvalue weighted by molar-refractivity contribution is -0.0500. The van der Waals surface area contributed by atoms with Crippen molar-refractivity contribution in [3.05, 3.63) is 40.8 Å². The minimum atomic E-state index is -5.89. The smallest absolute Gasteiger partial charge is 0.477 e. The number of hydrogen-bond donors (Lipinski definition) is 1. The molecule has 0 aliphatic heterocycles. The van der Waals surface area contributed by atoms with Crippen LogP contribution in [0, 0.1) is 11.3 Å². The van der Waals surface area contributed by atoms with Gasteiger partial charge in [0.25, 0.3) is 0 Å². The fraction of sp³-hybridized carbons (Fsp3) is 0.0769. The molecular formula is C13H6F3NO5S2. The van der Waals surface area contributed by atoms with Crippen molar-refractivity contribution in [3.8, 4) is 22.3 Å². The normalized spacial score (nSPS) is 11.8. The Labute approximate surface area is 137 Å². The van der Waals surface area contributed by atoms with Gasteiger partial charge in [-0.15, -0.1) is 11.3 Å². The van der Waals surface area contributed by atoms with Crippen molar-refractivity contribution >= 4 is 27.4 Å². The van der Waals surface area contributed by atoms with Crippen LogP contribution < -0.4 is 4.18 Å². The lowest BCUT2D eigenvalue weighted by Gasteiger charge is -2.11. The van der Waals surface area contributed by atoms with Crippen molar-refractivity contribution in [2.24, 2.45) is 0 Å². The predicted octanol–water partition coefficient (Wildman–Crippen LogP) is 3.21. The second-order valence-electron chi connectivity index (χ2n) is 4.27. The van der Waals surface area contributed by atoms with Crippen LogP contribution in [0.2, 0.25) is 0 Å². The molecule has 6 nitrogen and oxygen atoms in total. The van der Waals surface area contributed by atoms with Gasteiger partial charge in [-0.25, -0.2) is 4.79 Å². The summed E-state index contributed by atoms with van der Waals surface area (Å²) in [6.07, 6.45) is 0. The van der Waals surface area contributed by atoms with Gasteiger partial charge in [0.1, 0.15) is 10.9 Å². The Hall–Kier alpha value is -2.58. The van der Waals surface area contributed by atoms with Crippen LogP contribution >= 0.6 is 11.3 Å². The summed E-state index contributed by atoms with van der Waals surface area (Å²) in [5, 5.41) is 17.8. The van der Waals surface area contributed by atoms with Crippen LogP contribution in [-0.2, 0) is 10.1 Å². The highest BCUT2D eigenvalue weighted by atomic mass is 32.2. The van der Waals surface area contributed by atoms with E-state index in [0.29, 0.717) is 10.4 Å². The molecular weight excluding hydrogens is 371 g/mol. The number of aromatic carboxylic acids is 1. The fourth-order valence-electron chi connectivity index (χ4n) is 1.62. The third-order valence-electron chi connectivity index (χ3n) is 2.68. The summed E-state index contributed by atoms with van der Waals surface area (Å²) in [6, 6.07) is 7.55. The molecule has 0 fully saturated rings. The standard InChI is InChI=1S/C13H6F3NO5S2/c14-13(15,16)24(20,21)22-9-2-1-7(5-8(9)6-17)10-3-4-11(23-10)12(18)19/h1-5H,(H,18,19). The zero-order valence-corrected chi connectivity index (χ0v) is 13.0. The quantitative estimate of drug-likeness (QED) is 0.648. The number of benzene rings is 1. The molecule has 11 heteroatoms. The highest BCUT2D eigenvalue weighted by Crippen LogP contribution is 2.33. The van der Waals surface area contributed by atoms with E-state index in [-0.39, 0.29) is 4.88 Å². The fourth-order valence-corrected chi connectivity index (χ4v) is 2.93. The first-order chi connectivity index (χ1) is 11.0. The van der Waals surface area contributed by atoms with Crippen LogP contribution in [0.25, 0.3) is 10.4 Å². The zero-order chi connectivity index (χ0) is 18.1. The number of carbonyl (C=O) groups is 1. The summed E-state index contributed by atoms with van der Waals surface area (Å²) in [7, 11) is -5.89. The van der Waals surface area contributed by atoms with Crippen molar-refractivity contribution in [3.63, 3.8) is 0 Å². The molecule has 126 valence electrons. The number of rotatable bonds is 4. The maximum Gasteiger partial charge on any atom is 0.534 e. The maximum absolute atomic E-state index is 12.3.